The number of nitrogens with one attached hydrogen (secondary N) is 1. The summed E-state index contributed by atoms with van der Waals surface area (Å²) >= 11 is 0. The van der Waals surface area contributed by atoms with Crippen LogP contribution in [0.3, 0.4) is 0 Å². The Morgan fingerprint density at radius 1 is 1.32 bits per heavy atom. The van der Waals surface area contributed by atoms with Crippen molar-refractivity contribution >= 4 is 34.3 Å². The van der Waals surface area contributed by atoms with Crippen LogP contribution >= 0.6 is 0 Å². The molecule has 0 aliphatic rings. The maximum Gasteiger partial charge on any atom is 0.178 e. The van der Waals surface area contributed by atoms with Crippen LogP contribution in [0.4, 0.5) is 10.1 Å². The van der Waals surface area contributed by atoms with Gasteiger partial charge in [-0.1, -0.05) is 19.1 Å². The van der Waals surface area contributed by atoms with E-state index in [0.29, 0.717) is 28.5 Å². The molecule has 2 unspecified atom stereocenters. The number of ketones is 1. The molecule has 2 aromatic carbocycles. The number of rotatable bonds is 10. The second-order valence-corrected chi connectivity index (χ2v) is 7.70. The lowest BCUT2D eigenvalue weighted by atomic mass is 9.97. The van der Waals surface area contributed by atoms with E-state index in [1.165, 1.54) is 24.3 Å². The molecule has 0 aliphatic heterocycles. The zero-order valence-electron chi connectivity index (χ0n) is 15.4. The Morgan fingerprint density at radius 3 is 2.68 bits per heavy atom. The predicted octanol–water partition coefficient (Wildman–Crippen LogP) is 3.11. The van der Waals surface area contributed by atoms with Crippen molar-refractivity contribution in [3.63, 3.8) is 0 Å². The van der Waals surface area contributed by atoms with Gasteiger partial charge in [0.2, 0.25) is 0 Å². The monoisotopic (exact) mass is 403 g/mol. The van der Waals surface area contributed by atoms with E-state index in [1.54, 1.807) is 24.3 Å². The van der Waals surface area contributed by atoms with Crippen molar-refractivity contribution in [1.82, 2.24) is 0 Å². The summed E-state index contributed by atoms with van der Waals surface area (Å²) in [6.45, 7) is 2.12. The van der Waals surface area contributed by atoms with Gasteiger partial charge in [-0.25, -0.2) is 9.38 Å². The van der Waals surface area contributed by atoms with Crippen LogP contribution in [-0.2, 0) is 10.8 Å². The maximum atomic E-state index is 13.0. The van der Waals surface area contributed by atoms with Gasteiger partial charge in [-0.05, 0) is 36.4 Å². The van der Waals surface area contributed by atoms with Crippen molar-refractivity contribution in [2.24, 2.45) is 16.6 Å². The normalized spacial score (nSPS) is 13.6. The van der Waals surface area contributed by atoms with Gasteiger partial charge in [0.05, 0.1) is 18.0 Å². The van der Waals surface area contributed by atoms with E-state index in [9.17, 15) is 13.4 Å². The highest BCUT2D eigenvalue weighted by atomic mass is 32.2. The van der Waals surface area contributed by atoms with E-state index in [0.717, 1.165) is 6.21 Å². The highest BCUT2D eigenvalue weighted by molar-refractivity contribution is 7.84. The third-order valence-electron chi connectivity index (χ3n) is 3.87. The Balaban J connectivity index is 2.13. The van der Waals surface area contributed by atoms with Gasteiger partial charge in [0.1, 0.15) is 23.3 Å². The SMILES string of the molecule is CCS(=O)CCOc1cccc(C(=O)C(C=N)C(N)=Nc2ccc(F)cc2)c1. The second kappa shape index (κ2) is 10.5. The molecular weight excluding hydrogens is 381 g/mol. The summed E-state index contributed by atoms with van der Waals surface area (Å²) in [7, 11) is -0.928. The van der Waals surface area contributed by atoms with E-state index < -0.39 is 28.3 Å². The zero-order valence-corrected chi connectivity index (χ0v) is 16.2. The zero-order chi connectivity index (χ0) is 20.5. The molecule has 0 saturated carbocycles. The molecular formula is C20H22FN3O3S. The van der Waals surface area contributed by atoms with Gasteiger partial charge < -0.3 is 15.9 Å². The van der Waals surface area contributed by atoms with Crippen LogP contribution in [0, 0.1) is 17.1 Å². The van der Waals surface area contributed by atoms with Crippen molar-refractivity contribution in [3.8, 4) is 5.75 Å². The smallest absolute Gasteiger partial charge is 0.178 e. The minimum atomic E-state index is -1.05. The first-order valence-corrected chi connectivity index (χ1v) is 10.2. The number of nitrogens with two attached hydrogens (primary N) is 1. The first-order valence-electron chi connectivity index (χ1n) is 8.67. The van der Waals surface area contributed by atoms with Crippen LogP contribution in [0.15, 0.2) is 53.5 Å². The van der Waals surface area contributed by atoms with Gasteiger partial charge in [0, 0.05) is 28.3 Å². The number of carbonyl (C=O) groups excluding carboxylic acids is 1. The van der Waals surface area contributed by atoms with Crippen LogP contribution in [0.2, 0.25) is 0 Å². The average molecular weight is 403 g/mol. The molecule has 2 rings (SSSR count). The molecule has 0 spiro atoms. The number of halogens is 1. The second-order valence-electron chi connectivity index (χ2n) is 5.83. The fraction of sp³-hybridized carbons (Fsp3) is 0.250. The summed E-state index contributed by atoms with van der Waals surface area (Å²) in [6.07, 6.45) is 0.919. The van der Waals surface area contributed by atoms with Gasteiger partial charge in [-0.2, -0.15) is 0 Å². The van der Waals surface area contributed by atoms with Crippen molar-refractivity contribution in [1.29, 1.82) is 5.41 Å². The van der Waals surface area contributed by atoms with Crippen LogP contribution in [0.5, 0.6) is 5.75 Å². The summed E-state index contributed by atoms with van der Waals surface area (Å²) in [5.74, 6) is -0.469. The molecule has 0 aliphatic carbocycles. The Hall–Kier alpha value is -2.87. The highest BCUT2D eigenvalue weighted by Crippen LogP contribution is 2.18. The first kappa shape index (κ1) is 21.4. The fourth-order valence-electron chi connectivity index (χ4n) is 2.35. The summed E-state index contributed by atoms with van der Waals surface area (Å²) in [6, 6.07) is 11.8. The Bertz CT molecular complexity index is 885. The molecule has 2 atom stereocenters. The molecule has 28 heavy (non-hydrogen) atoms. The number of aliphatic imine (C=N–C) groups is 1. The summed E-state index contributed by atoms with van der Waals surface area (Å²) in [5.41, 5.74) is 6.63. The minimum absolute atomic E-state index is 0.0590. The molecule has 0 amide bonds. The van der Waals surface area contributed by atoms with Gasteiger partial charge in [0.25, 0.3) is 0 Å². The first-order chi connectivity index (χ1) is 13.4. The van der Waals surface area contributed by atoms with Crippen molar-refractivity contribution < 1.29 is 18.1 Å². The standard InChI is InChI=1S/C20H22FN3O3S/c1-2-28(26)11-10-27-17-5-3-4-14(12-17)19(25)18(13-22)20(23)24-16-8-6-15(21)7-9-16/h3-9,12-13,18,22H,2,10-11H2,1H3,(H2,23,24). The van der Waals surface area contributed by atoms with Gasteiger partial charge in [-0.15, -0.1) is 0 Å². The van der Waals surface area contributed by atoms with E-state index >= 15 is 0 Å². The van der Waals surface area contributed by atoms with Gasteiger partial charge >= 0.3 is 0 Å². The molecule has 8 heteroatoms. The fourth-order valence-corrected chi connectivity index (χ4v) is 2.90. The maximum absolute atomic E-state index is 13.0. The number of carbonyl (C=O) groups is 1. The third kappa shape index (κ3) is 6.09. The largest absolute Gasteiger partial charge is 0.493 e. The average Bonchev–Trinajstić information content (AvgIpc) is 2.70. The number of nitrogens with zero attached hydrogens (tertiary/aromatic N) is 1. The minimum Gasteiger partial charge on any atom is -0.493 e. The number of hydrogen-bond acceptors (Lipinski definition) is 5. The van der Waals surface area contributed by atoms with E-state index in [-0.39, 0.29) is 12.4 Å². The topological polar surface area (TPSA) is 106 Å². The molecule has 0 aromatic heterocycles. The third-order valence-corrected chi connectivity index (χ3v) is 5.14. The Morgan fingerprint density at radius 2 is 2.04 bits per heavy atom. The molecule has 3 N–H and O–H groups in total. The lowest BCUT2D eigenvalue weighted by Gasteiger charge is -2.12. The van der Waals surface area contributed by atoms with Gasteiger partial charge in [0.15, 0.2) is 5.78 Å². The predicted molar refractivity (Wildman–Crippen MR) is 110 cm³/mol. The van der Waals surface area contributed by atoms with Crippen molar-refractivity contribution in [2.75, 3.05) is 18.1 Å². The summed E-state index contributed by atoms with van der Waals surface area (Å²) in [4.78, 5) is 16.9. The molecule has 0 fully saturated rings. The van der Waals surface area contributed by atoms with E-state index in [2.05, 4.69) is 4.99 Å². The summed E-state index contributed by atoms with van der Waals surface area (Å²) in [5, 5.41) is 7.57. The molecule has 6 nitrogen and oxygen atoms in total. The van der Waals surface area contributed by atoms with Crippen LogP contribution in [0.25, 0.3) is 0 Å². The van der Waals surface area contributed by atoms with Crippen molar-refractivity contribution in [3.05, 3.63) is 59.9 Å². The molecule has 148 valence electrons. The van der Waals surface area contributed by atoms with E-state index in [1.807, 2.05) is 6.92 Å². The molecule has 0 bridgehead atoms. The quantitative estimate of drug-likeness (QED) is 0.361. The summed E-state index contributed by atoms with van der Waals surface area (Å²) < 4.78 is 30.0. The molecule has 0 radical (unpaired) electrons. The Labute approximate surface area is 165 Å². The lowest BCUT2D eigenvalue weighted by Crippen LogP contribution is -2.31. The number of hydrogen-bond donors (Lipinski definition) is 2. The lowest BCUT2D eigenvalue weighted by molar-refractivity contribution is 0.0979. The molecule has 0 heterocycles. The highest BCUT2D eigenvalue weighted by Gasteiger charge is 2.22. The number of Topliss-reactive ketones (excluding diaryl/α,β-unsaturated/α-hetero) is 1. The molecule has 0 saturated heterocycles. The van der Waals surface area contributed by atoms with E-state index in [4.69, 9.17) is 15.9 Å². The van der Waals surface area contributed by atoms with Crippen LogP contribution < -0.4 is 10.5 Å². The number of benzene rings is 2. The van der Waals surface area contributed by atoms with Crippen LogP contribution in [0.1, 0.15) is 17.3 Å². The van der Waals surface area contributed by atoms with Crippen molar-refractivity contribution in [2.45, 2.75) is 6.92 Å². The Kier molecular flexibility index (Phi) is 8.01. The molecule has 2 aromatic rings. The number of amidine groups is 1. The van der Waals surface area contributed by atoms with Gasteiger partial charge in [-0.3, -0.25) is 9.00 Å². The number of ether oxygens (including phenoxy) is 1. The van der Waals surface area contributed by atoms with Crippen LogP contribution in [-0.4, -0.2) is 40.2 Å².